The molecule has 0 aromatic carbocycles. The van der Waals surface area contributed by atoms with E-state index in [1.54, 1.807) is 0 Å². The molecule has 124 valence electrons. The highest BCUT2D eigenvalue weighted by Crippen LogP contribution is 2.20. The molecule has 6 heteroatoms. The SMILES string of the molecule is Cc1noc(C)c1CCCNC(=O)N1CCC(C(C)O)CC1. The third-order valence-electron chi connectivity index (χ3n) is 4.57. The fourth-order valence-corrected chi connectivity index (χ4v) is 3.02. The molecule has 1 aliphatic heterocycles. The first-order valence-corrected chi connectivity index (χ1v) is 8.11. The van der Waals surface area contributed by atoms with E-state index in [4.69, 9.17) is 4.52 Å². The van der Waals surface area contributed by atoms with Crippen LogP contribution in [0.4, 0.5) is 4.79 Å². The summed E-state index contributed by atoms with van der Waals surface area (Å²) >= 11 is 0. The first-order chi connectivity index (χ1) is 10.5. The van der Waals surface area contributed by atoms with Crippen LogP contribution in [0.15, 0.2) is 4.52 Å². The molecule has 0 radical (unpaired) electrons. The van der Waals surface area contributed by atoms with Crippen LogP contribution in [0, 0.1) is 19.8 Å². The molecular weight excluding hydrogens is 282 g/mol. The molecule has 1 aliphatic rings. The van der Waals surface area contributed by atoms with Crippen molar-refractivity contribution in [1.29, 1.82) is 0 Å². The lowest BCUT2D eigenvalue weighted by Gasteiger charge is -2.33. The van der Waals surface area contributed by atoms with Crippen molar-refractivity contribution in [2.45, 2.75) is 52.6 Å². The molecule has 2 amide bonds. The molecule has 1 atom stereocenters. The molecule has 0 bridgehead atoms. The molecule has 22 heavy (non-hydrogen) atoms. The zero-order chi connectivity index (χ0) is 16.1. The van der Waals surface area contributed by atoms with E-state index in [2.05, 4.69) is 10.5 Å². The monoisotopic (exact) mass is 309 g/mol. The third kappa shape index (κ3) is 4.22. The molecule has 2 heterocycles. The Morgan fingerprint density at radius 2 is 2.14 bits per heavy atom. The standard InChI is InChI=1S/C16H27N3O3/c1-11-15(13(3)22-18-11)5-4-8-17-16(21)19-9-6-14(7-10-19)12(2)20/h12,14,20H,4-10H2,1-3H3,(H,17,21). The summed E-state index contributed by atoms with van der Waals surface area (Å²) in [6.07, 6.45) is 3.22. The molecule has 0 saturated carbocycles. The second kappa shape index (κ2) is 7.63. The summed E-state index contributed by atoms with van der Waals surface area (Å²) < 4.78 is 5.13. The molecule has 1 unspecified atom stereocenters. The Bertz CT molecular complexity index is 471. The smallest absolute Gasteiger partial charge is 0.317 e. The first kappa shape index (κ1) is 16.8. The molecule has 2 rings (SSSR count). The van der Waals surface area contributed by atoms with Gasteiger partial charge in [0.25, 0.3) is 0 Å². The van der Waals surface area contributed by atoms with Crippen LogP contribution in [0.2, 0.25) is 0 Å². The summed E-state index contributed by atoms with van der Waals surface area (Å²) in [6, 6.07) is 0.00260. The molecule has 6 nitrogen and oxygen atoms in total. The van der Waals surface area contributed by atoms with Crippen LogP contribution < -0.4 is 5.32 Å². The Labute approximate surface area is 131 Å². The second-order valence-corrected chi connectivity index (χ2v) is 6.20. The summed E-state index contributed by atoms with van der Waals surface area (Å²) in [5.74, 6) is 1.19. The zero-order valence-electron chi connectivity index (χ0n) is 13.8. The number of carbonyl (C=O) groups excluding carboxylic acids is 1. The van der Waals surface area contributed by atoms with Crippen molar-refractivity contribution in [2.24, 2.45) is 5.92 Å². The van der Waals surface area contributed by atoms with Crippen LogP contribution in [0.5, 0.6) is 0 Å². The van der Waals surface area contributed by atoms with E-state index in [1.807, 2.05) is 25.7 Å². The fourth-order valence-electron chi connectivity index (χ4n) is 3.02. The number of hydrogen-bond acceptors (Lipinski definition) is 4. The molecular formula is C16H27N3O3. The average Bonchev–Trinajstić information content (AvgIpc) is 2.82. The lowest BCUT2D eigenvalue weighted by Crippen LogP contribution is -2.46. The van der Waals surface area contributed by atoms with Gasteiger partial charge in [0, 0.05) is 25.2 Å². The van der Waals surface area contributed by atoms with Gasteiger partial charge in [0.2, 0.25) is 0 Å². The number of amides is 2. The Balaban J connectivity index is 1.66. The van der Waals surface area contributed by atoms with Crippen LogP contribution in [-0.4, -0.2) is 46.9 Å². The topological polar surface area (TPSA) is 78.6 Å². The number of rotatable bonds is 5. The normalized spacial score (nSPS) is 17.5. The maximum atomic E-state index is 12.1. The minimum Gasteiger partial charge on any atom is -0.393 e. The van der Waals surface area contributed by atoms with E-state index in [0.717, 1.165) is 55.8 Å². The predicted octanol–water partition coefficient (Wildman–Crippen LogP) is 2.03. The Morgan fingerprint density at radius 3 is 2.68 bits per heavy atom. The summed E-state index contributed by atoms with van der Waals surface area (Å²) in [4.78, 5) is 13.9. The number of nitrogens with zero attached hydrogens (tertiary/aromatic N) is 2. The van der Waals surface area contributed by atoms with Gasteiger partial charge in [-0.2, -0.15) is 0 Å². The number of nitrogens with one attached hydrogen (secondary N) is 1. The Kier molecular flexibility index (Phi) is 5.83. The summed E-state index contributed by atoms with van der Waals surface area (Å²) in [5.41, 5.74) is 2.08. The van der Waals surface area contributed by atoms with Crippen molar-refractivity contribution in [1.82, 2.24) is 15.4 Å². The molecule has 2 N–H and O–H groups in total. The summed E-state index contributed by atoms with van der Waals surface area (Å²) in [7, 11) is 0. The highest BCUT2D eigenvalue weighted by atomic mass is 16.5. The number of piperidine rings is 1. The lowest BCUT2D eigenvalue weighted by atomic mass is 9.92. The Morgan fingerprint density at radius 1 is 1.45 bits per heavy atom. The van der Waals surface area contributed by atoms with E-state index in [9.17, 15) is 9.90 Å². The number of aliphatic hydroxyl groups excluding tert-OH is 1. The maximum absolute atomic E-state index is 12.1. The predicted molar refractivity (Wildman–Crippen MR) is 83.7 cm³/mol. The number of aromatic nitrogens is 1. The minimum atomic E-state index is -0.278. The maximum Gasteiger partial charge on any atom is 0.317 e. The third-order valence-corrected chi connectivity index (χ3v) is 4.57. The lowest BCUT2D eigenvalue weighted by molar-refractivity contribution is 0.0798. The number of carbonyl (C=O) groups is 1. The van der Waals surface area contributed by atoms with Gasteiger partial charge in [0.05, 0.1) is 11.8 Å². The summed E-state index contributed by atoms with van der Waals surface area (Å²) in [6.45, 7) is 7.79. The largest absolute Gasteiger partial charge is 0.393 e. The van der Waals surface area contributed by atoms with Crippen LogP contribution >= 0.6 is 0 Å². The van der Waals surface area contributed by atoms with Crippen molar-refractivity contribution >= 4 is 6.03 Å². The molecule has 0 aliphatic carbocycles. The molecule has 0 spiro atoms. The van der Waals surface area contributed by atoms with Gasteiger partial charge in [-0.3, -0.25) is 0 Å². The zero-order valence-corrected chi connectivity index (χ0v) is 13.8. The van der Waals surface area contributed by atoms with Crippen molar-refractivity contribution in [3.05, 3.63) is 17.0 Å². The van der Waals surface area contributed by atoms with E-state index >= 15 is 0 Å². The van der Waals surface area contributed by atoms with Crippen molar-refractivity contribution in [3.63, 3.8) is 0 Å². The van der Waals surface area contributed by atoms with Crippen LogP contribution in [0.3, 0.4) is 0 Å². The van der Waals surface area contributed by atoms with Crippen LogP contribution in [-0.2, 0) is 6.42 Å². The molecule has 1 fully saturated rings. The summed E-state index contributed by atoms with van der Waals surface area (Å²) in [5, 5.41) is 16.5. The van der Waals surface area contributed by atoms with Gasteiger partial charge in [-0.05, 0) is 52.4 Å². The van der Waals surface area contributed by atoms with E-state index < -0.39 is 0 Å². The van der Waals surface area contributed by atoms with Crippen molar-refractivity contribution in [2.75, 3.05) is 19.6 Å². The fraction of sp³-hybridized carbons (Fsp3) is 0.750. The van der Waals surface area contributed by atoms with Crippen molar-refractivity contribution in [3.8, 4) is 0 Å². The van der Waals surface area contributed by atoms with Gasteiger partial charge in [-0.15, -0.1) is 0 Å². The first-order valence-electron chi connectivity index (χ1n) is 8.11. The van der Waals surface area contributed by atoms with E-state index in [-0.39, 0.29) is 12.1 Å². The van der Waals surface area contributed by atoms with Gasteiger partial charge in [-0.1, -0.05) is 5.16 Å². The number of urea groups is 1. The van der Waals surface area contributed by atoms with Crippen molar-refractivity contribution < 1.29 is 14.4 Å². The highest BCUT2D eigenvalue weighted by molar-refractivity contribution is 5.74. The molecule has 1 aromatic rings. The molecule has 1 aromatic heterocycles. The second-order valence-electron chi connectivity index (χ2n) is 6.20. The van der Waals surface area contributed by atoms with Gasteiger partial charge < -0.3 is 19.8 Å². The number of aryl methyl sites for hydroxylation is 2. The number of hydrogen-bond donors (Lipinski definition) is 2. The van der Waals surface area contributed by atoms with Gasteiger partial charge >= 0.3 is 6.03 Å². The molecule has 1 saturated heterocycles. The number of aliphatic hydroxyl groups is 1. The van der Waals surface area contributed by atoms with E-state index in [0.29, 0.717) is 12.5 Å². The van der Waals surface area contributed by atoms with Crippen LogP contribution in [0.25, 0.3) is 0 Å². The van der Waals surface area contributed by atoms with E-state index in [1.165, 1.54) is 0 Å². The quantitative estimate of drug-likeness (QED) is 0.816. The Hall–Kier alpha value is -1.56. The van der Waals surface area contributed by atoms with Gasteiger partial charge in [0.1, 0.15) is 5.76 Å². The minimum absolute atomic E-state index is 0.00260. The average molecular weight is 309 g/mol. The number of likely N-dealkylation sites (tertiary alicyclic amines) is 1. The van der Waals surface area contributed by atoms with Gasteiger partial charge in [-0.25, -0.2) is 4.79 Å². The van der Waals surface area contributed by atoms with Gasteiger partial charge in [0.15, 0.2) is 0 Å². The highest BCUT2D eigenvalue weighted by Gasteiger charge is 2.25. The van der Waals surface area contributed by atoms with Crippen LogP contribution in [0.1, 0.15) is 43.2 Å².